The normalized spacial score (nSPS) is 26.6. The van der Waals surface area contributed by atoms with Crippen molar-refractivity contribution >= 4 is 21.4 Å². The summed E-state index contributed by atoms with van der Waals surface area (Å²) in [6.07, 6.45) is 4.51. The van der Waals surface area contributed by atoms with Gasteiger partial charge in [0.05, 0.1) is 10.6 Å². The van der Waals surface area contributed by atoms with Crippen LogP contribution in [0.15, 0.2) is 23.1 Å². The van der Waals surface area contributed by atoms with Crippen molar-refractivity contribution in [1.82, 2.24) is 5.32 Å². The summed E-state index contributed by atoms with van der Waals surface area (Å²) in [4.78, 5) is 0.450. The molecule has 1 fully saturated rings. The van der Waals surface area contributed by atoms with E-state index in [1.807, 2.05) is 0 Å². The lowest BCUT2D eigenvalue weighted by molar-refractivity contribution is 0.224. The van der Waals surface area contributed by atoms with Gasteiger partial charge in [0.15, 0.2) is 9.84 Å². The average Bonchev–Trinajstić information content (AvgIpc) is 2.30. The van der Waals surface area contributed by atoms with Gasteiger partial charge >= 0.3 is 0 Å². The van der Waals surface area contributed by atoms with Crippen molar-refractivity contribution in [2.75, 3.05) is 5.75 Å². The van der Waals surface area contributed by atoms with E-state index in [1.54, 1.807) is 18.2 Å². The molecule has 2 atom stereocenters. The summed E-state index contributed by atoms with van der Waals surface area (Å²) in [7, 11) is -3.14. The number of fused-ring (bicyclic) bond motifs is 1. The van der Waals surface area contributed by atoms with E-state index in [0.717, 1.165) is 11.5 Å². The quantitative estimate of drug-likeness (QED) is 0.931. The molecule has 1 N–H and O–H groups in total. The van der Waals surface area contributed by atoms with E-state index in [9.17, 15) is 8.42 Å². The maximum Gasteiger partial charge on any atom is 0.178 e. The first-order valence-electron chi connectivity index (χ1n) is 7.25. The molecule has 1 aliphatic heterocycles. The van der Waals surface area contributed by atoms with E-state index < -0.39 is 9.84 Å². The number of benzene rings is 1. The number of hydrogen-bond acceptors (Lipinski definition) is 3. The van der Waals surface area contributed by atoms with Crippen molar-refractivity contribution < 1.29 is 8.42 Å². The zero-order chi connectivity index (χ0) is 14.3. The maximum absolute atomic E-state index is 12.1. The molecule has 1 aliphatic carbocycles. The van der Waals surface area contributed by atoms with Gasteiger partial charge in [0.25, 0.3) is 0 Å². The summed E-state index contributed by atoms with van der Waals surface area (Å²) in [5.74, 6) is 0.951. The third-order valence-electron chi connectivity index (χ3n) is 4.68. The van der Waals surface area contributed by atoms with Crippen molar-refractivity contribution in [2.45, 2.75) is 49.6 Å². The second-order valence-electron chi connectivity index (χ2n) is 5.99. The Balaban J connectivity index is 1.88. The van der Waals surface area contributed by atoms with Gasteiger partial charge in [-0.3, -0.25) is 0 Å². The molecule has 110 valence electrons. The van der Waals surface area contributed by atoms with Crippen LogP contribution in [0.1, 0.15) is 44.2 Å². The Labute approximate surface area is 125 Å². The molecular formula is C15H20ClNO2S. The van der Waals surface area contributed by atoms with Gasteiger partial charge < -0.3 is 5.32 Å². The van der Waals surface area contributed by atoms with E-state index >= 15 is 0 Å². The van der Waals surface area contributed by atoms with Crippen LogP contribution < -0.4 is 5.32 Å². The molecule has 5 heteroatoms. The number of rotatable bonds is 3. The number of halogens is 1. The highest BCUT2D eigenvalue weighted by molar-refractivity contribution is 7.91. The monoisotopic (exact) mass is 313 g/mol. The molecule has 1 heterocycles. The molecule has 2 aliphatic rings. The minimum absolute atomic E-state index is 0.0998. The van der Waals surface area contributed by atoms with Crippen LogP contribution in [0.3, 0.4) is 0 Å². The summed E-state index contributed by atoms with van der Waals surface area (Å²) in [6, 6.07) is 5.65. The van der Waals surface area contributed by atoms with Gasteiger partial charge in [-0.25, -0.2) is 8.42 Å². The van der Waals surface area contributed by atoms with Crippen molar-refractivity contribution in [1.29, 1.82) is 0 Å². The SMILES string of the molecule is C[C@@H](N[C@@H]1CCS(=O)(=O)c2ccc(Cl)cc21)C1CCC1. The van der Waals surface area contributed by atoms with Crippen LogP contribution >= 0.6 is 11.6 Å². The van der Waals surface area contributed by atoms with Gasteiger partial charge in [0, 0.05) is 17.1 Å². The van der Waals surface area contributed by atoms with Crippen LogP contribution in [-0.2, 0) is 9.84 Å². The predicted octanol–water partition coefficient (Wildman–Crippen LogP) is 3.34. The Morgan fingerprint density at radius 2 is 2.05 bits per heavy atom. The van der Waals surface area contributed by atoms with E-state index in [1.165, 1.54) is 19.3 Å². The van der Waals surface area contributed by atoms with Crippen molar-refractivity contribution in [3.05, 3.63) is 28.8 Å². The first-order chi connectivity index (χ1) is 9.47. The van der Waals surface area contributed by atoms with E-state index in [0.29, 0.717) is 22.4 Å². The molecule has 0 saturated heterocycles. The zero-order valence-corrected chi connectivity index (χ0v) is 13.2. The van der Waals surface area contributed by atoms with Crippen LogP contribution in [0.25, 0.3) is 0 Å². The van der Waals surface area contributed by atoms with E-state index in [-0.39, 0.29) is 11.8 Å². The van der Waals surface area contributed by atoms with Gasteiger partial charge in [-0.05, 0) is 55.9 Å². The minimum atomic E-state index is -3.14. The van der Waals surface area contributed by atoms with Crippen molar-refractivity contribution in [3.8, 4) is 0 Å². The fourth-order valence-corrected chi connectivity index (χ4v) is 4.96. The standard InChI is InChI=1S/C15H20ClNO2S/c1-10(11-3-2-4-11)17-14-7-8-20(18,19)15-6-5-12(16)9-13(14)15/h5-6,9-11,14,17H,2-4,7-8H2,1H3/t10-,14-/m1/s1. The molecule has 1 saturated carbocycles. The van der Waals surface area contributed by atoms with Crippen molar-refractivity contribution in [2.24, 2.45) is 5.92 Å². The van der Waals surface area contributed by atoms with Gasteiger partial charge in [-0.15, -0.1) is 0 Å². The van der Waals surface area contributed by atoms with Crippen LogP contribution in [0.2, 0.25) is 5.02 Å². The highest BCUT2D eigenvalue weighted by Crippen LogP contribution is 2.36. The molecule has 3 rings (SSSR count). The average molecular weight is 314 g/mol. The summed E-state index contributed by atoms with van der Waals surface area (Å²) >= 11 is 6.05. The summed E-state index contributed by atoms with van der Waals surface area (Å²) < 4.78 is 24.3. The molecule has 0 spiro atoms. The highest BCUT2D eigenvalue weighted by atomic mass is 35.5. The Hall–Kier alpha value is -0.580. The number of hydrogen-bond donors (Lipinski definition) is 1. The zero-order valence-electron chi connectivity index (χ0n) is 11.6. The molecule has 3 nitrogen and oxygen atoms in total. The molecule has 0 amide bonds. The van der Waals surface area contributed by atoms with Crippen LogP contribution in [0.4, 0.5) is 0 Å². The largest absolute Gasteiger partial charge is 0.307 e. The molecule has 0 aromatic heterocycles. The molecule has 1 aromatic carbocycles. The van der Waals surface area contributed by atoms with Crippen LogP contribution in [0, 0.1) is 5.92 Å². The van der Waals surface area contributed by atoms with Crippen LogP contribution in [0.5, 0.6) is 0 Å². The summed E-state index contributed by atoms with van der Waals surface area (Å²) in [6.45, 7) is 2.21. The molecule has 1 aromatic rings. The smallest absolute Gasteiger partial charge is 0.178 e. The summed E-state index contributed by atoms with van der Waals surface area (Å²) in [5, 5.41) is 4.22. The van der Waals surface area contributed by atoms with Crippen molar-refractivity contribution in [3.63, 3.8) is 0 Å². The number of nitrogens with one attached hydrogen (secondary N) is 1. The Morgan fingerprint density at radius 1 is 1.30 bits per heavy atom. The minimum Gasteiger partial charge on any atom is -0.307 e. The second-order valence-corrected chi connectivity index (χ2v) is 8.50. The summed E-state index contributed by atoms with van der Waals surface area (Å²) in [5.41, 5.74) is 0.843. The fraction of sp³-hybridized carbons (Fsp3) is 0.600. The maximum atomic E-state index is 12.1. The second kappa shape index (κ2) is 5.32. The van der Waals surface area contributed by atoms with Gasteiger partial charge in [0.2, 0.25) is 0 Å². The van der Waals surface area contributed by atoms with Gasteiger partial charge in [-0.2, -0.15) is 0 Å². The lowest BCUT2D eigenvalue weighted by atomic mass is 9.80. The van der Waals surface area contributed by atoms with Gasteiger partial charge in [-0.1, -0.05) is 18.0 Å². The van der Waals surface area contributed by atoms with E-state index in [4.69, 9.17) is 11.6 Å². The Kier molecular flexibility index (Phi) is 3.82. The molecule has 0 unspecified atom stereocenters. The predicted molar refractivity (Wildman–Crippen MR) is 80.8 cm³/mol. The first kappa shape index (κ1) is 14.4. The lowest BCUT2D eigenvalue weighted by Crippen LogP contribution is -2.41. The van der Waals surface area contributed by atoms with Gasteiger partial charge in [0.1, 0.15) is 0 Å². The topological polar surface area (TPSA) is 46.2 Å². The highest BCUT2D eigenvalue weighted by Gasteiger charge is 2.33. The molecule has 0 radical (unpaired) electrons. The number of sulfone groups is 1. The van der Waals surface area contributed by atoms with Crippen LogP contribution in [-0.4, -0.2) is 20.2 Å². The molecule has 0 bridgehead atoms. The Bertz CT molecular complexity index is 610. The Morgan fingerprint density at radius 3 is 2.70 bits per heavy atom. The first-order valence-corrected chi connectivity index (χ1v) is 9.28. The van der Waals surface area contributed by atoms with E-state index in [2.05, 4.69) is 12.2 Å². The fourth-order valence-electron chi connectivity index (χ4n) is 3.18. The third-order valence-corrected chi connectivity index (χ3v) is 6.73. The third kappa shape index (κ3) is 2.61. The molecule has 20 heavy (non-hydrogen) atoms. The molecular weight excluding hydrogens is 294 g/mol. The lowest BCUT2D eigenvalue weighted by Gasteiger charge is -2.36.